The summed E-state index contributed by atoms with van der Waals surface area (Å²) in [6, 6.07) is 10.6. The minimum Gasteiger partial charge on any atom is -0.223 e. The number of rotatable bonds is 3. The lowest BCUT2D eigenvalue weighted by molar-refractivity contribution is 0.593. The van der Waals surface area contributed by atoms with E-state index in [0.29, 0.717) is 0 Å². The summed E-state index contributed by atoms with van der Waals surface area (Å²) in [5.41, 5.74) is 2.71. The van der Waals surface area contributed by atoms with Crippen molar-refractivity contribution in [2.45, 2.75) is 24.5 Å². The SMILES string of the molecule is Cc1cccc(C)c1CS(=O)(=O)c1ccc(F)cc1. The van der Waals surface area contributed by atoms with Crippen molar-refractivity contribution in [2.75, 3.05) is 0 Å². The predicted octanol–water partition coefficient (Wildman–Crippen LogP) is 3.42. The summed E-state index contributed by atoms with van der Waals surface area (Å²) in [7, 11) is -3.44. The first-order valence-electron chi connectivity index (χ1n) is 5.93. The van der Waals surface area contributed by atoms with Gasteiger partial charge in [-0.3, -0.25) is 0 Å². The van der Waals surface area contributed by atoms with E-state index in [1.54, 1.807) is 0 Å². The molecule has 0 amide bonds. The van der Waals surface area contributed by atoms with E-state index in [2.05, 4.69) is 0 Å². The standard InChI is InChI=1S/C15H15FO2S/c1-11-4-3-5-12(2)15(11)10-19(17,18)14-8-6-13(16)7-9-14/h3-9H,10H2,1-2H3. The molecule has 0 atom stereocenters. The number of aryl methyl sites for hydroxylation is 2. The highest BCUT2D eigenvalue weighted by Crippen LogP contribution is 2.21. The third-order valence-corrected chi connectivity index (χ3v) is 4.81. The first-order chi connectivity index (χ1) is 8.90. The summed E-state index contributed by atoms with van der Waals surface area (Å²) in [4.78, 5) is 0.150. The van der Waals surface area contributed by atoms with Crippen molar-refractivity contribution in [3.63, 3.8) is 0 Å². The van der Waals surface area contributed by atoms with Crippen LogP contribution in [0.4, 0.5) is 4.39 Å². The topological polar surface area (TPSA) is 34.1 Å². The molecular formula is C15H15FO2S. The predicted molar refractivity (Wildman–Crippen MR) is 73.2 cm³/mol. The molecule has 0 bridgehead atoms. The number of benzene rings is 2. The highest BCUT2D eigenvalue weighted by molar-refractivity contribution is 7.90. The van der Waals surface area contributed by atoms with Crippen LogP contribution in [0.5, 0.6) is 0 Å². The maximum Gasteiger partial charge on any atom is 0.182 e. The Kier molecular flexibility index (Phi) is 3.71. The van der Waals surface area contributed by atoms with Crippen LogP contribution in [0.2, 0.25) is 0 Å². The normalized spacial score (nSPS) is 11.5. The van der Waals surface area contributed by atoms with Crippen molar-refractivity contribution in [2.24, 2.45) is 0 Å². The van der Waals surface area contributed by atoms with Crippen LogP contribution in [0.25, 0.3) is 0 Å². The van der Waals surface area contributed by atoms with E-state index >= 15 is 0 Å². The van der Waals surface area contributed by atoms with Crippen LogP contribution in [0, 0.1) is 19.7 Å². The third kappa shape index (κ3) is 3.01. The average molecular weight is 278 g/mol. The van der Waals surface area contributed by atoms with Crippen molar-refractivity contribution < 1.29 is 12.8 Å². The van der Waals surface area contributed by atoms with Crippen molar-refractivity contribution in [1.29, 1.82) is 0 Å². The van der Waals surface area contributed by atoms with Gasteiger partial charge in [0, 0.05) is 0 Å². The van der Waals surface area contributed by atoms with E-state index in [-0.39, 0.29) is 10.6 Å². The van der Waals surface area contributed by atoms with Gasteiger partial charge in [0.05, 0.1) is 10.6 Å². The maximum atomic E-state index is 12.8. The second-order valence-electron chi connectivity index (χ2n) is 4.58. The van der Waals surface area contributed by atoms with Crippen LogP contribution in [0.3, 0.4) is 0 Å². The molecule has 100 valence electrons. The van der Waals surface area contributed by atoms with Gasteiger partial charge in [0.1, 0.15) is 5.82 Å². The van der Waals surface area contributed by atoms with Gasteiger partial charge in [-0.25, -0.2) is 12.8 Å². The summed E-state index contributed by atoms with van der Waals surface area (Å²) in [5, 5.41) is 0. The quantitative estimate of drug-likeness (QED) is 0.806. The number of halogens is 1. The fraction of sp³-hybridized carbons (Fsp3) is 0.200. The fourth-order valence-electron chi connectivity index (χ4n) is 1.99. The highest BCUT2D eigenvalue weighted by atomic mass is 32.2. The molecule has 0 saturated heterocycles. The Morgan fingerprint density at radius 1 is 0.947 bits per heavy atom. The molecule has 0 radical (unpaired) electrons. The summed E-state index contributed by atoms with van der Waals surface area (Å²) in [5.74, 6) is -0.497. The van der Waals surface area contributed by atoms with E-state index in [4.69, 9.17) is 0 Å². The van der Waals surface area contributed by atoms with Crippen LogP contribution >= 0.6 is 0 Å². The van der Waals surface area contributed by atoms with Gasteiger partial charge < -0.3 is 0 Å². The molecule has 2 aromatic rings. The molecule has 2 aromatic carbocycles. The molecule has 4 heteroatoms. The molecular weight excluding hydrogens is 263 g/mol. The summed E-state index contributed by atoms with van der Waals surface area (Å²) < 4.78 is 37.4. The van der Waals surface area contributed by atoms with E-state index < -0.39 is 15.7 Å². The summed E-state index contributed by atoms with van der Waals surface area (Å²) in [6.07, 6.45) is 0. The molecule has 19 heavy (non-hydrogen) atoms. The monoisotopic (exact) mass is 278 g/mol. The van der Waals surface area contributed by atoms with Gasteiger partial charge in [0.2, 0.25) is 0 Å². The number of hydrogen-bond acceptors (Lipinski definition) is 2. The van der Waals surface area contributed by atoms with Crippen LogP contribution in [0.15, 0.2) is 47.4 Å². The molecule has 0 aromatic heterocycles. The minimum atomic E-state index is -3.44. The Bertz CT molecular complexity index is 668. The molecule has 0 fully saturated rings. The van der Waals surface area contributed by atoms with Gasteiger partial charge in [-0.15, -0.1) is 0 Å². The Morgan fingerprint density at radius 3 is 2.00 bits per heavy atom. The molecule has 2 nitrogen and oxygen atoms in total. The molecule has 0 aliphatic carbocycles. The largest absolute Gasteiger partial charge is 0.223 e. The second-order valence-corrected chi connectivity index (χ2v) is 6.57. The first-order valence-corrected chi connectivity index (χ1v) is 7.59. The van der Waals surface area contributed by atoms with E-state index in [1.807, 2.05) is 32.0 Å². The summed E-state index contributed by atoms with van der Waals surface area (Å²) >= 11 is 0. The lowest BCUT2D eigenvalue weighted by Crippen LogP contribution is -2.07. The van der Waals surface area contributed by atoms with Crippen LogP contribution < -0.4 is 0 Å². The zero-order valence-corrected chi connectivity index (χ0v) is 11.7. The smallest absolute Gasteiger partial charge is 0.182 e. The highest BCUT2D eigenvalue weighted by Gasteiger charge is 2.17. The Morgan fingerprint density at radius 2 is 1.47 bits per heavy atom. The van der Waals surface area contributed by atoms with Crippen LogP contribution in [-0.2, 0) is 15.6 Å². The van der Waals surface area contributed by atoms with Crippen molar-refractivity contribution in [3.8, 4) is 0 Å². The Hall–Kier alpha value is -1.68. The lowest BCUT2D eigenvalue weighted by atomic mass is 10.1. The lowest BCUT2D eigenvalue weighted by Gasteiger charge is -2.10. The van der Waals surface area contributed by atoms with Crippen molar-refractivity contribution in [3.05, 3.63) is 65.0 Å². The molecule has 0 spiro atoms. The van der Waals surface area contributed by atoms with Gasteiger partial charge >= 0.3 is 0 Å². The van der Waals surface area contributed by atoms with Gasteiger partial charge in [-0.05, 0) is 54.8 Å². The molecule has 0 unspecified atom stereocenters. The Balaban J connectivity index is 2.39. The van der Waals surface area contributed by atoms with Crippen LogP contribution in [-0.4, -0.2) is 8.42 Å². The van der Waals surface area contributed by atoms with Crippen LogP contribution in [0.1, 0.15) is 16.7 Å². The molecule has 0 N–H and O–H groups in total. The third-order valence-electron chi connectivity index (χ3n) is 3.15. The van der Waals surface area contributed by atoms with Crippen molar-refractivity contribution >= 4 is 9.84 Å². The van der Waals surface area contributed by atoms with Crippen molar-refractivity contribution in [1.82, 2.24) is 0 Å². The first kappa shape index (κ1) is 13.7. The Labute approximate surface area is 112 Å². The van der Waals surface area contributed by atoms with Gasteiger partial charge in [-0.1, -0.05) is 18.2 Å². The van der Waals surface area contributed by atoms with E-state index in [9.17, 15) is 12.8 Å². The average Bonchev–Trinajstić information content (AvgIpc) is 2.35. The van der Waals surface area contributed by atoms with E-state index in [0.717, 1.165) is 28.8 Å². The molecule has 0 heterocycles. The van der Waals surface area contributed by atoms with E-state index in [1.165, 1.54) is 12.1 Å². The zero-order valence-electron chi connectivity index (χ0n) is 10.9. The number of hydrogen-bond donors (Lipinski definition) is 0. The second kappa shape index (κ2) is 5.13. The number of sulfone groups is 1. The zero-order chi connectivity index (χ0) is 14.0. The fourth-order valence-corrected chi connectivity index (χ4v) is 3.54. The maximum absolute atomic E-state index is 12.8. The van der Waals surface area contributed by atoms with Gasteiger partial charge in [-0.2, -0.15) is 0 Å². The summed E-state index contributed by atoms with van der Waals surface area (Å²) in [6.45, 7) is 3.78. The molecule has 0 aliphatic rings. The van der Waals surface area contributed by atoms with Gasteiger partial charge in [0.25, 0.3) is 0 Å². The van der Waals surface area contributed by atoms with Gasteiger partial charge in [0.15, 0.2) is 9.84 Å². The minimum absolute atomic E-state index is 0.0584. The molecule has 0 saturated carbocycles. The molecule has 0 aliphatic heterocycles. The molecule has 2 rings (SSSR count).